The van der Waals surface area contributed by atoms with Crippen LogP contribution in [0.25, 0.3) is 22.3 Å². The van der Waals surface area contributed by atoms with Gasteiger partial charge in [-0.15, -0.1) is 0 Å². The SMILES string of the molecule is COc1c(O)ccc2c(=O)cc(-c3ccc(CCCCN(C)CCN4CCN(C)CC4)cc3)oc12. The van der Waals surface area contributed by atoms with Crippen molar-refractivity contribution in [2.45, 2.75) is 19.3 Å². The molecule has 0 unspecified atom stereocenters. The Morgan fingerprint density at radius 1 is 1.03 bits per heavy atom. The average molecular weight is 480 g/mol. The zero-order chi connectivity index (χ0) is 24.8. The molecule has 3 aromatic rings. The summed E-state index contributed by atoms with van der Waals surface area (Å²) in [6, 6.07) is 12.6. The molecule has 2 heterocycles. The molecule has 7 heteroatoms. The molecule has 1 aliphatic rings. The Balaban J connectivity index is 1.28. The maximum absolute atomic E-state index is 12.6. The molecule has 35 heavy (non-hydrogen) atoms. The van der Waals surface area contributed by atoms with Crippen LogP contribution in [0.4, 0.5) is 0 Å². The van der Waals surface area contributed by atoms with E-state index in [1.807, 2.05) is 12.1 Å². The smallest absolute Gasteiger partial charge is 0.204 e. The quantitative estimate of drug-likeness (QED) is 0.445. The maximum atomic E-state index is 12.6. The number of fused-ring (bicyclic) bond motifs is 1. The highest BCUT2D eigenvalue weighted by Crippen LogP contribution is 2.35. The van der Waals surface area contributed by atoms with E-state index in [1.54, 1.807) is 6.07 Å². The van der Waals surface area contributed by atoms with Gasteiger partial charge in [-0.05, 0) is 57.6 Å². The van der Waals surface area contributed by atoms with Crippen molar-refractivity contribution in [3.8, 4) is 22.8 Å². The Hall–Kier alpha value is -2.87. The van der Waals surface area contributed by atoms with E-state index in [2.05, 4.69) is 40.9 Å². The number of hydrogen-bond acceptors (Lipinski definition) is 7. The van der Waals surface area contributed by atoms with E-state index in [1.165, 1.54) is 57.4 Å². The molecule has 1 saturated heterocycles. The Morgan fingerprint density at radius 2 is 1.77 bits per heavy atom. The van der Waals surface area contributed by atoms with Gasteiger partial charge in [0.2, 0.25) is 5.75 Å². The van der Waals surface area contributed by atoms with Crippen LogP contribution in [0.2, 0.25) is 0 Å². The lowest BCUT2D eigenvalue weighted by Gasteiger charge is -2.33. The van der Waals surface area contributed by atoms with Crippen molar-refractivity contribution >= 4 is 11.0 Å². The number of ether oxygens (including phenoxy) is 1. The summed E-state index contributed by atoms with van der Waals surface area (Å²) in [5.74, 6) is 0.576. The van der Waals surface area contributed by atoms with Gasteiger partial charge in [0, 0.05) is 50.9 Å². The molecule has 0 spiro atoms. The van der Waals surface area contributed by atoms with Crippen molar-refractivity contribution in [2.24, 2.45) is 0 Å². The highest BCUT2D eigenvalue weighted by molar-refractivity contribution is 5.86. The third-order valence-electron chi connectivity index (χ3n) is 6.92. The molecule has 2 aromatic carbocycles. The van der Waals surface area contributed by atoms with Gasteiger partial charge in [0.15, 0.2) is 16.8 Å². The van der Waals surface area contributed by atoms with Crippen LogP contribution in [0.1, 0.15) is 18.4 Å². The number of phenols is 1. The minimum absolute atomic E-state index is 0.0550. The van der Waals surface area contributed by atoms with Gasteiger partial charge in [-0.2, -0.15) is 0 Å². The number of piperazine rings is 1. The van der Waals surface area contributed by atoms with Gasteiger partial charge in [-0.3, -0.25) is 9.69 Å². The lowest BCUT2D eigenvalue weighted by atomic mass is 10.0. The summed E-state index contributed by atoms with van der Waals surface area (Å²) in [5, 5.41) is 10.4. The van der Waals surface area contributed by atoms with E-state index in [-0.39, 0.29) is 22.5 Å². The van der Waals surface area contributed by atoms with Crippen molar-refractivity contribution in [1.29, 1.82) is 0 Å². The van der Waals surface area contributed by atoms with Gasteiger partial charge in [0.25, 0.3) is 0 Å². The first-order valence-electron chi connectivity index (χ1n) is 12.5. The maximum Gasteiger partial charge on any atom is 0.204 e. The van der Waals surface area contributed by atoms with Crippen LogP contribution in [0.5, 0.6) is 11.5 Å². The number of benzene rings is 2. The molecule has 0 amide bonds. The summed E-state index contributed by atoms with van der Waals surface area (Å²) in [5.41, 5.74) is 2.19. The molecule has 0 saturated carbocycles. The number of aromatic hydroxyl groups is 1. The van der Waals surface area contributed by atoms with Crippen LogP contribution in [0.3, 0.4) is 0 Å². The third-order valence-corrected chi connectivity index (χ3v) is 6.92. The summed E-state index contributed by atoms with van der Waals surface area (Å²) in [6.07, 6.45) is 3.33. The van der Waals surface area contributed by atoms with E-state index in [4.69, 9.17) is 9.15 Å². The standard InChI is InChI=1S/C28H37N3O4/c1-29(14-17-31-18-15-30(2)16-19-31)13-5-4-6-21-7-9-22(10-8-21)26-20-25(33)23-11-12-24(32)28(34-3)27(23)35-26/h7-12,20,32H,4-6,13-19H2,1-3H3. The minimum Gasteiger partial charge on any atom is -0.504 e. The Morgan fingerprint density at radius 3 is 2.49 bits per heavy atom. The highest BCUT2D eigenvalue weighted by Gasteiger charge is 2.15. The minimum atomic E-state index is -0.166. The molecule has 0 radical (unpaired) electrons. The first kappa shape index (κ1) is 25.2. The summed E-state index contributed by atoms with van der Waals surface area (Å²) in [7, 11) is 5.86. The molecule has 1 aromatic heterocycles. The summed E-state index contributed by atoms with van der Waals surface area (Å²) < 4.78 is 11.2. The second kappa shape index (κ2) is 11.7. The van der Waals surface area contributed by atoms with Crippen molar-refractivity contribution in [2.75, 3.05) is 67.0 Å². The first-order chi connectivity index (χ1) is 16.9. The predicted octanol–water partition coefficient (Wildman–Crippen LogP) is 3.68. The highest BCUT2D eigenvalue weighted by atomic mass is 16.5. The lowest BCUT2D eigenvalue weighted by Crippen LogP contribution is -2.46. The van der Waals surface area contributed by atoms with E-state index in [0.717, 1.165) is 38.0 Å². The van der Waals surface area contributed by atoms with Gasteiger partial charge in [0.05, 0.1) is 12.5 Å². The van der Waals surface area contributed by atoms with Crippen molar-refractivity contribution in [3.63, 3.8) is 0 Å². The predicted molar refractivity (Wildman–Crippen MR) is 141 cm³/mol. The van der Waals surface area contributed by atoms with Crippen molar-refractivity contribution in [3.05, 3.63) is 58.3 Å². The molecule has 7 nitrogen and oxygen atoms in total. The molecule has 1 fully saturated rings. The number of aryl methyl sites for hydroxylation is 1. The molecule has 0 aliphatic carbocycles. The van der Waals surface area contributed by atoms with Gasteiger partial charge >= 0.3 is 0 Å². The van der Waals surface area contributed by atoms with Crippen molar-refractivity contribution in [1.82, 2.24) is 14.7 Å². The second-order valence-electron chi connectivity index (χ2n) is 9.57. The fourth-order valence-corrected chi connectivity index (χ4v) is 4.57. The zero-order valence-corrected chi connectivity index (χ0v) is 21.1. The molecule has 1 N–H and O–H groups in total. The van der Waals surface area contributed by atoms with Crippen LogP contribution >= 0.6 is 0 Å². The van der Waals surface area contributed by atoms with E-state index in [9.17, 15) is 9.90 Å². The number of rotatable bonds is 10. The summed E-state index contributed by atoms with van der Waals surface area (Å²) >= 11 is 0. The first-order valence-corrected chi connectivity index (χ1v) is 12.5. The van der Waals surface area contributed by atoms with Crippen LogP contribution < -0.4 is 10.2 Å². The topological polar surface area (TPSA) is 69.4 Å². The Labute approximate surface area is 207 Å². The van der Waals surface area contributed by atoms with Gasteiger partial charge in [-0.25, -0.2) is 0 Å². The fraction of sp³-hybridized carbons (Fsp3) is 0.464. The molecule has 4 rings (SSSR count). The molecule has 1 aliphatic heterocycles. The van der Waals surface area contributed by atoms with Crippen LogP contribution in [0.15, 0.2) is 51.7 Å². The summed E-state index contributed by atoms with van der Waals surface area (Å²) in [4.78, 5) is 20.0. The second-order valence-corrected chi connectivity index (χ2v) is 9.57. The van der Waals surface area contributed by atoms with E-state index >= 15 is 0 Å². The van der Waals surface area contributed by atoms with Crippen LogP contribution in [-0.4, -0.2) is 86.8 Å². The molecular weight excluding hydrogens is 442 g/mol. The Bertz CT molecular complexity index is 1170. The third kappa shape index (κ3) is 6.42. The molecule has 188 valence electrons. The Kier molecular flexibility index (Phi) is 8.44. The van der Waals surface area contributed by atoms with Gasteiger partial charge in [0.1, 0.15) is 5.76 Å². The van der Waals surface area contributed by atoms with Crippen LogP contribution in [-0.2, 0) is 6.42 Å². The van der Waals surface area contributed by atoms with E-state index < -0.39 is 0 Å². The number of likely N-dealkylation sites (N-methyl/N-ethyl adjacent to an activating group) is 2. The number of phenolic OH excluding ortho intramolecular Hbond substituents is 1. The number of methoxy groups -OCH3 is 1. The molecule has 0 bridgehead atoms. The number of hydrogen-bond donors (Lipinski definition) is 1. The average Bonchev–Trinajstić information content (AvgIpc) is 2.86. The summed E-state index contributed by atoms with van der Waals surface area (Å²) in [6.45, 7) is 8.10. The van der Waals surface area contributed by atoms with Gasteiger partial charge in [-0.1, -0.05) is 24.3 Å². The monoisotopic (exact) mass is 479 g/mol. The van der Waals surface area contributed by atoms with Crippen LogP contribution in [0, 0.1) is 0 Å². The van der Waals surface area contributed by atoms with Crippen molar-refractivity contribution < 1.29 is 14.3 Å². The zero-order valence-electron chi connectivity index (χ0n) is 21.1. The van der Waals surface area contributed by atoms with Gasteiger partial charge < -0.3 is 24.1 Å². The molecular formula is C28H37N3O4. The number of nitrogens with zero attached hydrogens (tertiary/aromatic N) is 3. The van der Waals surface area contributed by atoms with E-state index in [0.29, 0.717) is 11.1 Å². The molecule has 0 atom stereocenters. The fourth-order valence-electron chi connectivity index (χ4n) is 4.57. The lowest BCUT2D eigenvalue weighted by molar-refractivity contribution is 0.140. The normalized spacial score (nSPS) is 15.2. The largest absolute Gasteiger partial charge is 0.504 e. The number of unbranched alkanes of at least 4 members (excludes halogenated alkanes) is 1.